The van der Waals surface area contributed by atoms with Crippen molar-refractivity contribution >= 4 is 28.5 Å². The molecule has 12 heteroatoms. The molecule has 0 aliphatic carbocycles. The lowest BCUT2D eigenvalue weighted by Crippen LogP contribution is -2.28. The third kappa shape index (κ3) is 4.47. The highest BCUT2D eigenvalue weighted by Crippen LogP contribution is 2.33. The number of anilines is 1. The zero-order valence-corrected chi connectivity index (χ0v) is 18.3. The number of carbonyl (C=O) groups is 2. The zero-order valence-electron chi connectivity index (χ0n) is 18.3. The molecule has 0 fully saturated rings. The normalized spacial score (nSPS) is 12.5. The van der Waals surface area contributed by atoms with E-state index in [1.54, 1.807) is 30.8 Å². The van der Waals surface area contributed by atoms with Crippen LogP contribution in [0.5, 0.6) is 0 Å². The first-order chi connectivity index (χ1) is 16.0. The monoisotopic (exact) mass is 472 g/mol. The van der Waals surface area contributed by atoms with Crippen LogP contribution < -0.4 is 10.6 Å². The van der Waals surface area contributed by atoms with Crippen molar-refractivity contribution in [1.29, 1.82) is 0 Å². The fourth-order valence-corrected chi connectivity index (χ4v) is 3.40. The third-order valence-corrected chi connectivity index (χ3v) is 5.22. The molecule has 0 aliphatic heterocycles. The molecule has 4 aromatic rings. The lowest BCUT2D eigenvalue weighted by molar-refractivity contribution is -0.138. The number of nitrogens with zero attached hydrogens (tertiary/aromatic N) is 4. The standard InChI is InChI=1S/C22H19F3N6O3/c1-11-4-5-13(8-15(11)22(23,24)25)29-20(32)17-9-16(30-34-17)12(2)28-21(33)18-14-6-7-31(3)19(14)27-10-26-18/h4-10,12H,1-3H3,(H,28,33)(H,29,32)/t12-/m1/s1. The van der Waals surface area contributed by atoms with Crippen molar-refractivity contribution in [3.8, 4) is 0 Å². The van der Waals surface area contributed by atoms with Gasteiger partial charge in [-0.3, -0.25) is 9.59 Å². The van der Waals surface area contributed by atoms with Gasteiger partial charge in [0.15, 0.2) is 0 Å². The Hall–Kier alpha value is -4.22. The largest absolute Gasteiger partial charge is 0.416 e. The fraction of sp³-hybridized carbons (Fsp3) is 0.227. The molecule has 0 saturated heterocycles. The number of aromatic nitrogens is 4. The maximum absolute atomic E-state index is 13.1. The van der Waals surface area contributed by atoms with Crippen LogP contribution in [0.4, 0.5) is 18.9 Å². The highest BCUT2D eigenvalue weighted by Gasteiger charge is 2.32. The van der Waals surface area contributed by atoms with Gasteiger partial charge in [0.2, 0.25) is 5.76 Å². The topological polar surface area (TPSA) is 115 Å². The summed E-state index contributed by atoms with van der Waals surface area (Å²) in [6, 6.07) is 5.84. The van der Waals surface area contributed by atoms with Gasteiger partial charge in [0.25, 0.3) is 11.8 Å². The molecule has 0 radical (unpaired) electrons. The van der Waals surface area contributed by atoms with Crippen LogP contribution >= 0.6 is 0 Å². The van der Waals surface area contributed by atoms with E-state index in [1.807, 2.05) is 0 Å². The maximum atomic E-state index is 13.1. The van der Waals surface area contributed by atoms with Gasteiger partial charge < -0.3 is 19.7 Å². The van der Waals surface area contributed by atoms with Gasteiger partial charge in [-0.15, -0.1) is 0 Å². The minimum atomic E-state index is -4.55. The molecule has 2 N–H and O–H groups in total. The zero-order chi connectivity index (χ0) is 24.6. The Kier molecular flexibility index (Phi) is 5.82. The van der Waals surface area contributed by atoms with E-state index < -0.39 is 29.6 Å². The van der Waals surface area contributed by atoms with Gasteiger partial charge >= 0.3 is 6.18 Å². The molecule has 0 unspecified atom stereocenters. The molecule has 1 aromatic carbocycles. The summed E-state index contributed by atoms with van der Waals surface area (Å²) >= 11 is 0. The van der Waals surface area contributed by atoms with Crippen molar-refractivity contribution in [3.05, 3.63) is 71.1 Å². The summed E-state index contributed by atoms with van der Waals surface area (Å²) in [4.78, 5) is 33.4. The summed E-state index contributed by atoms with van der Waals surface area (Å²) < 4.78 is 46.1. The number of nitrogens with one attached hydrogen (secondary N) is 2. The van der Waals surface area contributed by atoms with Crippen LogP contribution in [0, 0.1) is 6.92 Å². The Bertz CT molecular complexity index is 1390. The van der Waals surface area contributed by atoms with Gasteiger partial charge in [0.05, 0.1) is 17.0 Å². The summed E-state index contributed by atoms with van der Waals surface area (Å²) in [7, 11) is 1.79. The maximum Gasteiger partial charge on any atom is 0.416 e. The van der Waals surface area contributed by atoms with Crippen molar-refractivity contribution in [2.45, 2.75) is 26.1 Å². The van der Waals surface area contributed by atoms with Crippen molar-refractivity contribution in [1.82, 2.24) is 25.0 Å². The van der Waals surface area contributed by atoms with E-state index >= 15 is 0 Å². The molecule has 0 bridgehead atoms. The average molecular weight is 472 g/mol. The number of halogens is 3. The molecule has 0 saturated carbocycles. The van der Waals surface area contributed by atoms with Crippen LogP contribution in [0.2, 0.25) is 0 Å². The van der Waals surface area contributed by atoms with Crippen molar-refractivity contribution in [3.63, 3.8) is 0 Å². The van der Waals surface area contributed by atoms with Crippen LogP contribution in [0.3, 0.4) is 0 Å². The van der Waals surface area contributed by atoms with Gasteiger partial charge in [0, 0.05) is 25.0 Å². The van der Waals surface area contributed by atoms with Gasteiger partial charge in [-0.1, -0.05) is 11.2 Å². The molecule has 176 valence electrons. The lowest BCUT2D eigenvalue weighted by atomic mass is 10.1. The Balaban J connectivity index is 1.46. The smallest absolute Gasteiger partial charge is 0.351 e. The summed E-state index contributed by atoms with van der Waals surface area (Å²) in [5.41, 5.74) is 0.164. The van der Waals surface area contributed by atoms with Crippen molar-refractivity contribution < 1.29 is 27.3 Å². The average Bonchev–Trinajstić information content (AvgIpc) is 3.42. The number of hydrogen-bond acceptors (Lipinski definition) is 6. The first-order valence-corrected chi connectivity index (χ1v) is 10.1. The molecule has 3 heterocycles. The molecular formula is C22H19F3N6O3. The second-order valence-electron chi connectivity index (χ2n) is 7.68. The minimum Gasteiger partial charge on any atom is -0.351 e. The van der Waals surface area contributed by atoms with Crippen LogP contribution in [0.1, 0.15) is 50.8 Å². The molecule has 34 heavy (non-hydrogen) atoms. The number of carbonyl (C=O) groups excluding carboxylic acids is 2. The van der Waals surface area contributed by atoms with Gasteiger partial charge in [0.1, 0.15) is 23.4 Å². The Morgan fingerprint density at radius 2 is 1.88 bits per heavy atom. The van der Waals surface area contributed by atoms with Gasteiger partial charge in [-0.2, -0.15) is 13.2 Å². The van der Waals surface area contributed by atoms with E-state index in [4.69, 9.17) is 4.52 Å². The molecule has 0 aliphatic rings. The summed E-state index contributed by atoms with van der Waals surface area (Å²) in [6.45, 7) is 2.97. The quantitative estimate of drug-likeness (QED) is 0.453. The van der Waals surface area contributed by atoms with E-state index in [0.717, 1.165) is 6.07 Å². The molecule has 1 atom stereocenters. The Morgan fingerprint density at radius 3 is 2.62 bits per heavy atom. The number of alkyl halides is 3. The van der Waals surface area contributed by atoms with E-state index in [1.165, 1.54) is 31.5 Å². The molecule has 0 spiro atoms. The number of fused-ring (bicyclic) bond motifs is 1. The van der Waals surface area contributed by atoms with Crippen molar-refractivity contribution in [2.24, 2.45) is 7.05 Å². The summed E-state index contributed by atoms with van der Waals surface area (Å²) in [5.74, 6) is -1.48. The first kappa shape index (κ1) is 23.0. The number of rotatable bonds is 5. The molecule has 9 nitrogen and oxygen atoms in total. The highest BCUT2D eigenvalue weighted by atomic mass is 19.4. The fourth-order valence-electron chi connectivity index (χ4n) is 3.40. The van der Waals surface area contributed by atoms with E-state index in [9.17, 15) is 22.8 Å². The number of benzene rings is 1. The Morgan fingerprint density at radius 1 is 1.12 bits per heavy atom. The van der Waals surface area contributed by atoms with Crippen molar-refractivity contribution in [2.75, 3.05) is 5.32 Å². The molecular weight excluding hydrogens is 453 g/mol. The van der Waals surface area contributed by atoms with Crippen LogP contribution in [0.15, 0.2) is 47.4 Å². The second-order valence-corrected chi connectivity index (χ2v) is 7.68. The molecule has 3 aromatic heterocycles. The highest BCUT2D eigenvalue weighted by molar-refractivity contribution is 6.04. The predicted molar refractivity (Wildman–Crippen MR) is 115 cm³/mol. The number of amides is 2. The lowest BCUT2D eigenvalue weighted by Gasteiger charge is -2.12. The summed E-state index contributed by atoms with van der Waals surface area (Å²) in [6.07, 6.45) is -1.50. The third-order valence-electron chi connectivity index (χ3n) is 5.22. The predicted octanol–water partition coefficient (Wildman–Crippen LogP) is 4.03. The van der Waals surface area contributed by atoms with Crippen LogP contribution in [-0.2, 0) is 13.2 Å². The van der Waals surface area contributed by atoms with E-state index in [-0.39, 0.29) is 28.4 Å². The summed E-state index contributed by atoms with van der Waals surface area (Å²) in [5, 5.41) is 9.46. The van der Waals surface area contributed by atoms with Gasteiger partial charge in [-0.25, -0.2) is 9.97 Å². The second kappa shape index (κ2) is 8.61. The van der Waals surface area contributed by atoms with E-state index in [0.29, 0.717) is 11.0 Å². The first-order valence-electron chi connectivity index (χ1n) is 10.1. The molecule has 2 amide bonds. The number of aryl methyl sites for hydroxylation is 2. The SMILES string of the molecule is Cc1ccc(NC(=O)c2cc([C@@H](C)NC(=O)c3ncnc4c3ccn4C)no2)cc1C(F)(F)F. The number of hydrogen-bond donors (Lipinski definition) is 2. The molecule has 4 rings (SSSR count). The van der Waals surface area contributed by atoms with Crippen LogP contribution in [0.25, 0.3) is 11.0 Å². The van der Waals surface area contributed by atoms with Crippen LogP contribution in [-0.4, -0.2) is 31.5 Å². The van der Waals surface area contributed by atoms with Gasteiger partial charge in [-0.05, 0) is 37.6 Å². The van der Waals surface area contributed by atoms with E-state index in [2.05, 4.69) is 25.8 Å². The minimum absolute atomic E-state index is 0.0356. The Labute approximate surface area is 191 Å².